The first-order valence-corrected chi connectivity index (χ1v) is 8.74. The minimum Gasteiger partial charge on any atom is -0.493 e. The van der Waals surface area contributed by atoms with Gasteiger partial charge in [-0.2, -0.15) is 0 Å². The van der Waals surface area contributed by atoms with Crippen LogP contribution in [0.25, 0.3) is 6.08 Å². The molecule has 2 aromatic carbocycles. The fraction of sp³-hybridized carbons (Fsp3) is 0.150. The van der Waals surface area contributed by atoms with E-state index < -0.39 is 17.8 Å². The largest absolute Gasteiger partial charge is 0.493 e. The van der Waals surface area contributed by atoms with E-state index in [1.54, 1.807) is 12.1 Å². The predicted molar refractivity (Wildman–Crippen MR) is 107 cm³/mol. The van der Waals surface area contributed by atoms with Crippen molar-refractivity contribution in [2.24, 2.45) is 0 Å². The highest BCUT2D eigenvalue weighted by atomic mass is 35.5. The monoisotopic (exact) mass is 416 g/mol. The van der Waals surface area contributed by atoms with Crippen molar-refractivity contribution >= 4 is 41.2 Å². The summed E-state index contributed by atoms with van der Waals surface area (Å²) < 4.78 is 15.8. The number of hydrogen-bond donors (Lipinski definition) is 1. The molecule has 1 N–H and O–H groups in total. The molecule has 2 aromatic rings. The fourth-order valence-corrected chi connectivity index (χ4v) is 2.96. The summed E-state index contributed by atoms with van der Waals surface area (Å²) in [6.07, 6.45) is 1.34. The van der Waals surface area contributed by atoms with Gasteiger partial charge in [0.2, 0.25) is 5.75 Å². The first kappa shape index (κ1) is 20.2. The van der Waals surface area contributed by atoms with Gasteiger partial charge in [0.15, 0.2) is 11.5 Å². The number of benzene rings is 2. The molecule has 0 radical (unpaired) electrons. The van der Waals surface area contributed by atoms with Crippen LogP contribution in [0.3, 0.4) is 0 Å². The van der Waals surface area contributed by atoms with Crippen LogP contribution in [0.15, 0.2) is 42.0 Å². The molecule has 0 saturated carbocycles. The molecule has 150 valence electrons. The van der Waals surface area contributed by atoms with Crippen LogP contribution in [0.4, 0.5) is 10.5 Å². The number of nitrogens with one attached hydrogen (secondary N) is 1. The molecule has 3 rings (SSSR count). The van der Waals surface area contributed by atoms with Gasteiger partial charge < -0.3 is 14.2 Å². The van der Waals surface area contributed by atoms with Crippen LogP contribution in [-0.4, -0.2) is 39.2 Å². The molecule has 1 aliphatic rings. The van der Waals surface area contributed by atoms with Gasteiger partial charge in [-0.25, -0.2) is 9.69 Å². The molecule has 9 heteroatoms. The lowest BCUT2D eigenvalue weighted by molar-refractivity contribution is -0.122. The van der Waals surface area contributed by atoms with Gasteiger partial charge in [-0.3, -0.25) is 14.9 Å². The highest BCUT2D eigenvalue weighted by Crippen LogP contribution is 2.39. The van der Waals surface area contributed by atoms with Crippen molar-refractivity contribution in [2.45, 2.75) is 0 Å². The van der Waals surface area contributed by atoms with Gasteiger partial charge in [-0.1, -0.05) is 11.6 Å². The minimum absolute atomic E-state index is 0.228. The highest BCUT2D eigenvalue weighted by molar-refractivity contribution is 6.39. The Morgan fingerprint density at radius 3 is 2.03 bits per heavy atom. The Morgan fingerprint density at radius 1 is 0.931 bits per heavy atom. The second-order valence-electron chi connectivity index (χ2n) is 5.89. The molecule has 8 nitrogen and oxygen atoms in total. The van der Waals surface area contributed by atoms with E-state index in [-0.39, 0.29) is 11.3 Å². The van der Waals surface area contributed by atoms with Crippen LogP contribution in [-0.2, 0) is 9.59 Å². The van der Waals surface area contributed by atoms with Crippen molar-refractivity contribution in [2.75, 3.05) is 26.2 Å². The molecule has 0 aromatic heterocycles. The summed E-state index contributed by atoms with van der Waals surface area (Å²) in [5.74, 6) is -0.496. The van der Waals surface area contributed by atoms with E-state index in [9.17, 15) is 14.4 Å². The first-order chi connectivity index (χ1) is 13.9. The number of ether oxygens (including phenoxy) is 3. The van der Waals surface area contributed by atoms with E-state index in [1.807, 2.05) is 0 Å². The van der Waals surface area contributed by atoms with Crippen LogP contribution in [0.5, 0.6) is 17.2 Å². The average Bonchev–Trinajstić information content (AvgIpc) is 2.71. The SMILES string of the molecule is COc1cc(/C=C2\C(=O)NC(=O)N(c3ccc(Cl)cc3)C2=O)cc(OC)c1OC. The number of barbiturate groups is 1. The molecule has 1 heterocycles. The number of urea groups is 1. The summed E-state index contributed by atoms with van der Waals surface area (Å²) in [5.41, 5.74) is 0.498. The van der Waals surface area contributed by atoms with Crippen LogP contribution >= 0.6 is 11.6 Å². The van der Waals surface area contributed by atoms with Gasteiger partial charge in [0.25, 0.3) is 11.8 Å². The number of amides is 4. The summed E-state index contributed by atoms with van der Waals surface area (Å²) in [6.45, 7) is 0. The predicted octanol–water partition coefficient (Wildman–Crippen LogP) is 3.03. The lowest BCUT2D eigenvalue weighted by Crippen LogP contribution is -2.54. The molecule has 4 amide bonds. The normalized spacial score (nSPS) is 15.4. The van der Waals surface area contributed by atoms with Crippen molar-refractivity contribution in [3.63, 3.8) is 0 Å². The Balaban J connectivity index is 2.06. The maximum absolute atomic E-state index is 12.9. The zero-order valence-corrected chi connectivity index (χ0v) is 16.6. The summed E-state index contributed by atoms with van der Waals surface area (Å²) in [4.78, 5) is 38.4. The van der Waals surface area contributed by atoms with Crippen molar-refractivity contribution in [3.8, 4) is 17.2 Å². The maximum Gasteiger partial charge on any atom is 0.335 e. The number of methoxy groups -OCH3 is 3. The van der Waals surface area contributed by atoms with Crippen molar-refractivity contribution < 1.29 is 28.6 Å². The Labute approximate surface area is 171 Å². The number of carbonyl (C=O) groups is 3. The lowest BCUT2D eigenvalue weighted by atomic mass is 10.1. The van der Waals surface area contributed by atoms with Crippen LogP contribution in [0.1, 0.15) is 5.56 Å². The van der Waals surface area contributed by atoms with Gasteiger partial charge in [-0.05, 0) is 48.0 Å². The summed E-state index contributed by atoms with van der Waals surface area (Å²) in [6, 6.07) is 8.41. The van der Waals surface area contributed by atoms with Gasteiger partial charge in [0.05, 0.1) is 27.0 Å². The molecule has 1 saturated heterocycles. The van der Waals surface area contributed by atoms with Crippen molar-refractivity contribution in [1.29, 1.82) is 0 Å². The Bertz CT molecular complexity index is 991. The second-order valence-corrected chi connectivity index (χ2v) is 6.33. The maximum atomic E-state index is 12.9. The highest BCUT2D eigenvalue weighted by Gasteiger charge is 2.36. The number of carbonyl (C=O) groups excluding carboxylic acids is 3. The minimum atomic E-state index is -0.843. The van der Waals surface area contributed by atoms with E-state index in [0.29, 0.717) is 27.8 Å². The molecule has 0 unspecified atom stereocenters. The molecule has 29 heavy (non-hydrogen) atoms. The molecule has 0 spiro atoms. The van der Waals surface area contributed by atoms with E-state index in [4.69, 9.17) is 25.8 Å². The van der Waals surface area contributed by atoms with E-state index in [1.165, 1.54) is 51.7 Å². The molecule has 1 aliphatic heterocycles. The van der Waals surface area contributed by atoms with Crippen LogP contribution in [0.2, 0.25) is 5.02 Å². The zero-order chi connectivity index (χ0) is 21.1. The molecule has 0 aliphatic carbocycles. The van der Waals surface area contributed by atoms with Gasteiger partial charge in [0.1, 0.15) is 5.57 Å². The second kappa shape index (κ2) is 8.24. The molecular formula is C20H17ClN2O6. The molecule has 1 fully saturated rings. The molecular weight excluding hydrogens is 400 g/mol. The lowest BCUT2D eigenvalue weighted by Gasteiger charge is -2.26. The smallest absolute Gasteiger partial charge is 0.335 e. The molecule has 0 atom stereocenters. The Kier molecular flexibility index (Phi) is 5.74. The van der Waals surface area contributed by atoms with Gasteiger partial charge in [0, 0.05) is 5.02 Å². The van der Waals surface area contributed by atoms with Crippen LogP contribution < -0.4 is 24.4 Å². The van der Waals surface area contributed by atoms with E-state index >= 15 is 0 Å². The number of halogens is 1. The number of hydrogen-bond acceptors (Lipinski definition) is 6. The number of rotatable bonds is 5. The topological polar surface area (TPSA) is 94.2 Å². The number of anilines is 1. The summed E-state index contributed by atoms with van der Waals surface area (Å²) in [7, 11) is 4.37. The first-order valence-electron chi connectivity index (χ1n) is 8.36. The van der Waals surface area contributed by atoms with Gasteiger partial charge in [-0.15, -0.1) is 0 Å². The molecule has 0 bridgehead atoms. The third-order valence-corrected chi connectivity index (χ3v) is 4.44. The van der Waals surface area contributed by atoms with Crippen molar-refractivity contribution in [3.05, 3.63) is 52.6 Å². The van der Waals surface area contributed by atoms with Crippen LogP contribution in [0, 0.1) is 0 Å². The summed E-state index contributed by atoms with van der Waals surface area (Å²) >= 11 is 5.86. The van der Waals surface area contributed by atoms with Gasteiger partial charge >= 0.3 is 6.03 Å². The third kappa shape index (κ3) is 3.88. The zero-order valence-electron chi connectivity index (χ0n) is 15.8. The number of nitrogens with zero attached hydrogens (tertiary/aromatic N) is 1. The number of imide groups is 2. The van der Waals surface area contributed by atoms with E-state index in [0.717, 1.165) is 4.90 Å². The third-order valence-electron chi connectivity index (χ3n) is 4.18. The Hall–Kier alpha value is -3.52. The average molecular weight is 417 g/mol. The summed E-state index contributed by atoms with van der Waals surface area (Å²) in [5, 5.41) is 2.61. The quantitative estimate of drug-likeness (QED) is 0.594. The standard InChI is InChI=1S/C20H17ClN2O6/c1-27-15-9-11(10-16(28-2)17(15)29-3)8-14-18(24)22-20(26)23(19(14)25)13-6-4-12(21)5-7-13/h4-10H,1-3H3,(H,22,24,26)/b14-8+. The fourth-order valence-electron chi connectivity index (χ4n) is 2.83. The van der Waals surface area contributed by atoms with E-state index in [2.05, 4.69) is 5.32 Å². The van der Waals surface area contributed by atoms with Crippen molar-refractivity contribution in [1.82, 2.24) is 5.32 Å². The Morgan fingerprint density at radius 2 is 1.52 bits per heavy atom.